The maximum atomic E-state index is 11.6. The topological polar surface area (TPSA) is 180 Å². The minimum absolute atomic E-state index is 0.173. The summed E-state index contributed by atoms with van der Waals surface area (Å²) in [7, 11) is -10.8. The Balaban J connectivity index is 2.56. The standard InChI is InChI=1S/C6H15O11P3S/c1-4-2-5(7)6(15-4)3-21-20(13,14)17-19(11,12)16-18(8,9)10/h4-7H,2-3H2,1H3,(H,11,12)(H,13,14)(H2,8,9,10)/t4-,5+,6+/m0/s1. The van der Waals surface area contributed by atoms with Gasteiger partial charge in [0.1, 0.15) is 0 Å². The summed E-state index contributed by atoms with van der Waals surface area (Å²) >= 11 is 0.173. The lowest BCUT2D eigenvalue weighted by Gasteiger charge is -2.18. The van der Waals surface area contributed by atoms with E-state index in [9.17, 15) is 23.7 Å². The van der Waals surface area contributed by atoms with Crippen LogP contribution in [-0.2, 0) is 27.1 Å². The summed E-state index contributed by atoms with van der Waals surface area (Å²) in [5.74, 6) is -0.227. The van der Waals surface area contributed by atoms with Crippen molar-refractivity contribution in [2.24, 2.45) is 0 Å². The van der Waals surface area contributed by atoms with E-state index >= 15 is 0 Å². The van der Waals surface area contributed by atoms with Gasteiger partial charge < -0.3 is 29.4 Å². The summed E-state index contributed by atoms with van der Waals surface area (Å²) in [6.45, 7) is -3.06. The van der Waals surface area contributed by atoms with Gasteiger partial charge in [0.05, 0.1) is 18.3 Å². The van der Waals surface area contributed by atoms with E-state index in [-0.39, 0.29) is 23.2 Å². The monoisotopic (exact) mass is 388 g/mol. The molecule has 21 heavy (non-hydrogen) atoms. The van der Waals surface area contributed by atoms with Crippen LogP contribution in [0.1, 0.15) is 13.3 Å². The Morgan fingerprint density at radius 2 is 1.76 bits per heavy atom. The molecule has 15 heteroatoms. The molecule has 5 N–H and O–H groups in total. The van der Waals surface area contributed by atoms with Gasteiger partial charge >= 0.3 is 22.4 Å². The summed E-state index contributed by atoms with van der Waals surface area (Å²) in [5, 5.41) is 9.56. The van der Waals surface area contributed by atoms with Crippen molar-refractivity contribution in [2.75, 3.05) is 5.75 Å². The molecule has 2 unspecified atom stereocenters. The fourth-order valence-electron chi connectivity index (χ4n) is 1.56. The molecule has 0 bridgehead atoms. The van der Waals surface area contributed by atoms with Gasteiger partial charge in [-0.05, 0) is 18.3 Å². The first-order valence-electron chi connectivity index (χ1n) is 5.41. The van der Waals surface area contributed by atoms with Crippen molar-refractivity contribution in [1.29, 1.82) is 0 Å². The SMILES string of the molecule is C[C@H]1C[C@@H](O)[C@@H](CSP(=O)(O)OP(=O)(O)OP(=O)(O)O)O1. The number of aliphatic hydroxyl groups is 1. The number of hydrogen-bond donors (Lipinski definition) is 5. The maximum Gasteiger partial charge on any atom is 0.488 e. The Kier molecular flexibility index (Phi) is 6.67. The lowest BCUT2D eigenvalue weighted by molar-refractivity contribution is 0.0318. The molecule has 1 saturated heterocycles. The van der Waals surface area contributed by atoms with E-state index in [2.05, 4.69) is 8.62 Å². The predicted octanol–water partition coefficient (Wildman–Crippen LogP) is 0.585. The van der Waals surface area contributed by atoms with Crippen molar-refractivity contribution in [2.45, 2.75) is 31.7 Å². The van der Waals surface area contributed by atoms with Crippen molar-refractivity contribution in [1.82, 2.24) is 0 Å². The average molecular weight is 388 g/mol. The molecule has 0 aliphatic carbocycles. The van der Waals surface area contributed by atoms with Crippen LogP contribution in [0.4, 0.5) is 0 Å². The molecule has 1 rings (SSSR count). The van der Waals surface area contributed by atoms with Gasteiger partial charge in [0, 0.05) is 12.2 Å². The van der Waals surface area contributed by atoms with Crippen LogP contribution >= 0.6 is 33.8 Å². The van der Waals surface area contributed by atoms with Gasteiger partial charge in [-0.15, -0.1) is 0 Å². The molecule has 1 aliphatic rings. The van der Waals surface area contributed by atoms with Crippen LogP contribution in [0.5, 0.6) is 0 Å². The molecular weight excluding hydrogens is 373 g/mol. The summed E-state index contributed by atoms with van der Waals surface area (Å²) in [4.78, 5) is 35.0. The van der Waals surface area contributed by atoms with Crippen LogP contribution in [0.2, 0.25) is 0 Å². The zero-order valence-electron chi connectivity index (χ0n) is 10.6. The smallest absolute Gasteiger partial charge is 0.390 e. The third-order valence-electron chi connectivity index (χ3n) is 2.23. The van der Waals surface area contributed by atoms with Gasteiger partial charge in [-0.3, -0.25) is 0 Å². The molecule has 0 spiro atoms. The molecular formula is C6H15O11P3S. The molecule has 0 aromatic heterocycles. The largest absolute Gasteiger partial charge is 0.488 e. The van der Waals surface area contributed by atoms with E-state index in [1.807, 2.05) is 0 Å². The van der Waals surface area contributed by atoms with Gasteiger partial charge in [0.15, 0.2) is 0 Å². The molecule has 5 atom stereocenters. The molecule has 0 radical (unpaired) electrons. The van der Waals surface area contributed by atoms with Crippen LogP contribution in [0.15, 0.2) is 0 Å². The van der Waals surface area contributed by atoms with Gasteiger partial charge in [-0.25, -0.2) is 13.7 Å². The fourth-order valence-corrected chi connectivity index (χ4v) is 7.08. The van der Waals surface area contributed by atoms with Crippen molar-refractivity contribution in [3.8, 4) is 0 Å². The van der Waals surface area contributed by atoms with E-state index in [0.29, 0.717) is 6.42 Å². The highest BCUT2D eigenvalue weighted by Gasteiger charge is 2.41. The minimum Gasteiger partial charge on any atom is -0.390 e. The zero-order chi connectivity index (χ0) is 16.5. The molecule has 0 saturated carbocycles. The van der Waals surface area contributed by atoms with Crippen LogP contribution in [-0.4, -0.2) is 48.7 Å². The summed E-state index contributed by atoms with van der Waals surface area (Å²) in [6.07, 6.45) is -1.54. The lowest BCUT2D eigenvalue weighted by Crippen LogP contribution is -2.23. The van der Waals surface area contributed by atoms with E-state index < -0.39 is 34.7 Å². The first-order chi connectivity index (χ1) is 9.30. The maximum absolute atomic E-state index is 11.6. The number of phosphoric acid groups is 2. The molecule has 0 aromatic rings. The Hall–Kier alpha value is 0.720. The van der Waals surface area contributed by atoms with Crippen LogP contribution < -0.4 is 0 Å². The first-order valence-corrected chi connectivity index (χ1v) is 11.6. The normalized spacial score (nSPS) is 32.6. The quantitative estimate of drug-likeness (QED) is 0.384. The molecule has 1 aliphatic heterocycles. The zero-order valence-corrected chi connectivity index (χ0v) is 14.1. The van der Waals surface area contributed by atoms with E-state index in [1.165, 1.54) is 0 Å². The summed E-state index contributed by atoms with van der Waals surface area (Å²) in [6, 6.07) is 0. The van der Waals surface area contributed by atoms with E-state index in [0.717, 1.165) is 0 Å². The van der Waals surface area contributed by atoms with E-state index in [4.69, 9.17) is 19.4 Å². The third-order valence-corrected chi connectivity index (χ3v) is 8.38. The van der Waals surface area contributed by atoms with Gasteiger partial charge in [-0.1, -0.05) is 0 Å². The third kappa shape index (κ3) is 7.69. The lowest BCUT2D eigenvalue weighted by atomic mass is 10.2. The Morgan fingerprint density at radius 3 is 2.19 bits per heavy atom. The van der Waals surface area contributed by atoms with Crippen molar-refractivity contribution >= 4 is 33.8 Å². The van der Waals surface area contributed by atoms with Crippen LogP contribution in [0.25, 0.3) is 0 Å². The van der Waals surface area contributed by atoms with Gasteiger partial charge in [-0.2, -0.15) is 8.62 Å². The van der Waals surface area contributed by atoms with Crippen molar-refractivity contribution < 1.29 is 51.7 Å². The Bertz CT molecular complexity index is 504. The minimum atomic E-state index is -5.42. The number of aliphatic hydroxyl groups excluding tert-OH is 1. The number of rotatable bonds is 7. The summed E-state index contributed by atoms with van der Waals surface area (Å²) in [5.41, 5.74) is 0. The summed E-state index contributed by atoms with van der Waals surface area (Å²) < 4.78 is 45.6. The first kappa shape index (κ1) is 19.8. The molecule has 0 amide bonds. The fraction of sp³-hybridized carbons (Fsp3) is 1.00. The highest BCUT2D eigenvalue weighted by atomic mass is 32.7. The second kappa shape index (κ2) is 7.09. The molecule has 1 fully saturated rings. The highest BCUT2D eigenvalue weighted by Crippen LogP contribution is 2.70. The van der Waals surface area contributed by atoms with Crippen molar-refractivity contribution in [3.63, 3.8) is 0 Å². The van der Waals surface area contributed by atoms with Crippen LogP contribution in [0.3, 0.4) is 0 Å². The van der Waals surface area contributed by atoms with Crippen LogP contribution in [0, 0.1) is 0 Å². The molecule has 0 aromatic carbocycles. The second-order valence-corrected chi connectivity index (χ2v) is 11.1. The molecule has 1 heterocycles. The Labute approximate surface area is 123 Å². The highest BCUT2D eigenvalue weighted by molar-refractivity contribution is 8.55. The Morgan fingerprint density at radius 1 is 1.19 bits per heavy atom. The van der Waals surface area contributed by atoms with Gasteiger partial charge in [0.25, 0.3) is 0 Å². The predicted molar refractivity (Wildman–Crippen MR) is 71.3 cm³/mol. The second-order valence-electron chi connectivity index (χ2n) is 4.17. The van der Waals surface area contributed by atoms with Gasteiger partial charge in [0.2, 0.25) is 0 Å². The van der Waals surface area contributed by atoms with Crippen molar-refractivity contribution in [3.05, 3.63) is 0 Å². The average Bonchev–Trinajstić information content (AvgIpc) is 2.48. The molecule has 126 valence electrons. The number of hydrogen-bond acceptors (Lipinski definition) is 8. The van der Waals surface area contributed by atoms with E-state index in [1.54, 1.807) is 6.92 Å². The molecule has 11 nitrogen and oxygen atoms in total. The number of ether oxygens (including phenoxy) is 1.